The summed E-state index contributed by atoms with van der Waals surface area (Å²) in [6.45, 7) is 9.08. The van der Waals surface area contributed by atoms with Gasteiger partial charge in [-0.05, 0) is 29.7 Å². The summed E-state index contributed by atoms with van der Waals surface area (Å²) < 4.78 is 13.1. The summed E-state index contributed by atoms with van der Waals surface area (Å²) in [5, 5.41) is 0. The van der Waals surface area contributed by atoms with Gasteiger partial charge < -0.3 is 0 Å². The molecule has 26 heavy (non-hydrogen) atoms. The first-order valence-electron chi connectivity index (χ1n) is 9.76. The molecule has 1 unspecified atom stereocenters. The van der Waals surface area contributed by atoms with E-state index in [2.05, 4.69) is 45.0 Å². The summed E-state index contributed by atoms with van der Waals surface area (Å²) in [6, 6.07) is 18.3. The lowest BCUT2D eigenvalue weighted by atomic mass is 9.95. The van der Waals surface area contributed by atoms with Gasteiger partial charge in [0, 0.05) is 58.4 Å². The molecule has 2 aromatic rings. The normalized spacial score (nSPS) is 22.3. The van der Waals surface area contributed by atoms with Crippen molar-refractivity contribution in [3.8, 4) is 0 Å². The zero-order chi connectivity index (χ0) is 17.8. The highest BCUT2D eigenvalue weighted by Gasteiger charge is 2.29. The van der Waals surface area contributed by atoms with Gasteiger partial charge in [0.25, 0.3) is 0 Å². The second kappa shape index (κ2) is 8.30. The molecule has 0 spiro atoms. The van der Waals surface area contributed by atoms with Crippen LogP contribution in [-0.4, -0.2) is 60.5 Å². The van der Waals surface area contributed by atoms with Crippen LogP contribution in [0.2, 0.25) is 0 Å². The Labute approximate surface area is 156 Å². The molecule has 0 radical (unpaired) electrons. The number of nitrogens with zero attached hydrogens (tertiary/aromatic N) is 3. The van der Waals surface area contributed by atoms with Crippen molar-refractivity contribution in [1.29, 1.82) is 0 Å². The largest absolute Gasteiger partial charge is 0.300 e. The first kappa shape index (κ1) is 17.7. The van der Waals surface area contributed by atoms with E-state index in [0.29, 0.717) is 6.04 Å². The molecule has 3 nitrogen and oxygen atoms in total. The van der Waals surface area contributed by atoms with Crippen LogP contribution in [0.25, 0.3) is 0 Å². The number of hydrogen-bond donors (Lipinski definition) is 0. The van der Waals surface area contributed by atoms with E-state index in [1.807, 2.05) is 12.1 Å². The summed E-state index contributed by atoms with van der Waals surface area (Å²) in [4.78, 5) is 7.67. The number of likely N-dealkylation sites (tertiary alicyclic amines) is 1. The van der Waals surface area contributed by atoms with Crippen LogP contribution in [0.4, 0.5) is 4.39 Å². The Kier molecular flexibility index (Phi) is 5.63. The van der Waals surface area contributed by atoms with Crippen LogP contribution in [0, 0.1) is 5.82 Å². The maximum atomic E-state index is 13.1. The summed E-state index contributed by atoms with van der Waals surface area (Å²) in [6.07, 6.45) is 1.19. The summed E-state index contributed by atoms with van der Waals surface area (Å²) in [5.74, 6) is -0.145. The van der Waals surface area contributed by atoms with Gasteiger partial charge in [0.15, 0.2) is 0 Å². The van der Waals surface area contributed by atoms with Gasteiger partial charge in [-0.25, -0.2) is 4.39 Å². The quantitative estimate of drug-likeness (QED) is 0.788. The topological polar surface area (TPSA) is 9.72 Å². The molecular weight excluding hydrogens is 325 g/mol. The summed E-state index contributed by atoms with van der Waals surface area (Å²) >= 11 is 0. The zero-order valence-corrected chi connectivity index (χ0v) is 15.4. The van der Waals surface area contributed by atoms with E-state index in [9.17, 15) is 4.39 Å². The second-order valence-corrected chi connectivity index (χ2v) is 7.50. The first-order chi connectivity index (χ1) is 12.8. The number of benzene rings is 2. The molecule has 0 bridgehead atoms. The Bertz CT molecular complexity index is 680. The molecule has 2 saturated heterocycles. The fourth-order valence-electron chi connectivity index (χ4n) is 4.05. The highest BCUT2D eigenvalue weighted by molar-refractivity contribution is 5.22. The summed E-state index contributed by atoms with van der Waals surface area (Å²) in [5.41, 5.74) is 2.66. The highest BCUT2D eigenvalue weighted by Crippen LogP contribution is 2.32. The van der Waals surface area contributed by atoms with Crippen LogP contribution < -0.4 is 0 Å². The van der Waals surface area contributed by atoms with Crippen LogP contribution in [0.1, 0.15) is 23.6 Å². The Morgan fingerprint density at radius 3 is 2.12 bits per heavy atom. The van der Waals surface area contributed by atoms with Crippen LogP contribution in [0.15, 0.2) is 54.6 Å². The maximum Gasteiger partial charge on any atom is 0.123 e. The van der Waals surface area contributed by atoms with Crippen molar-refractivity contribution in [3.63, 3.8) is 0 Å². The molecule has 4 rings (SSSR count). The molecule has 138 valence electrons. The molecule has 0 aromatic heterocycles. The molecular formula is C22H28FN3. The van der Waals surface area contributed by atoms with E-state index in [4.69, 9.17) is 0 Å². The van der Waals surface area contributed by atoms with Gasteiger partial charge in [0.05, 0.1) is 0 Å². The highest BCUT2D eigenvalue weighted by atomic mass is 19.1. The maximum absolute atomic E-state index is 13.1. The van der Waals surface area contributed by atoms with E-state index in [1.165, 1.54) is 17.5 Å². The molecule has 4 heteroatoms. The number of halogens is 1. The lowest BCUT2D eigenvalue weighted by molar-refractivity contribution is 0.0600. The monoisotopic (exact) mass is 353 g/mol. The average molecular weight is 353 g/mol. The molecule has 2 aliphatic rings. The third-order valence-electron chi connectivity index (χ3n) is 5.80. The molecule has 0 amide bonds. The van der Waals surface area contributed by atoms with Gasteiger partial charge in [0.1, 0.15) is 5.82 Å². The fourth-order valence-corrected chi connectivity index (χ4v) is 4.05. The van der Waals surface area contributed by atoms with E-state index < -0.39 is 0 Å². The lowest BCUT2D eigenvalue weighted by Gasteiger charge is -2.43. The van der Waals surface area contributed by atoms with Gasteiger partial charge in [-0.2, -0.15) is 0 Å². The molecule has 2 aromatic carbocycles. The molecule has 0 aliphatic carbocycles. The first-order valence-corrected chi connectivity index (χ1v) is 9.76. The van der Waals surface area contributed by atoms with Gasteiger partial charge >= 0.3 is 0 Å². The SMILES string of the molecule is Fc1ccc(C2CCN2CCN2CCN(Cc3ccccc3)CC2)cc1. The molecule has 2 fully saturated rings. The van der Waals surface area contributed by atoms with E-state index in [0.717, 1.165) is 52.4 Å². The van der Waals surface area contributed by atoms with Crippen molar-refractivity contribution in [2.75, 3.05) is 45.8 Å². The van der Waals surface area contributed by atoms with Crippen molar-refractivity contribution < 1.29 is 4.39 Å². The van der Waals surface area contributed by atoms with E-state index >= 15 is 0 Å². The third-order valence-corrected chi connectivity index (χ3v) is 5.80. The van der Waals surface area contributed by atoms with Crippen LogP contribution >= 0.6 is 0 Å². The van der Waals surface area contributed by atoms with Gasteiger partial charge in [-0.3, -0.25) is 14.7 Å². The second-order valence-electron chi connectivity index (χ2n) is 7.50. The third kappa shape index (κ3) is 4.32. The van der Waals surface area contributed by atoms with Crippen LogP contribution in [-0.2, 0) is 6.54 Å². The van der Waals surface area contributed by atoms with Crippen molar-refractivity contribution in [2.45, 2.75) is 19.0 Å². The minimum Gasteiger partial charge on any atom is -0.300 e. The molecule has 2 heterocycles. The van der Waals surface area contributed by atoms with E-state index in [1.54, 1.807) is 12.1 Å². The van der Waals surface area contributed by atoms with Crippen molar-refractivity contribution in [1.82, 2.24) is 14.7 Å². The Balaban J connectivity index is 1.20. The van der Waals surface area contributed by atoms with Crippen molar-refractivity contribution in [3.05, 3.63) is 71.5 Å². The smallest absolute Gasteiger partial charge is 0.123 e. The number of rotatable bonds is 6. The van der Waals surface area contributed by atoms with Crippen LogP contribution in [0.3, 0.4) is 0 Å². The van der Waals surface area contributed by atoms with Crippen LogP contribution in [0.5, 0.6) is 0 Å². The van der Waals surface area contributed by atoms with Gasteiger partial charge in [-0.1, -0.05) is 42.5 Å². The van der Waals surface area contributed by atoms with Crippen molar-refractivity contribution in [2.24, 2.45) is 0 Å². The predicted molar refractivity (Wildman–Crippen MR) is 103 cm³/mol. The molecule has 0 N–H and O–H groups in total. The minimum absolute atomic E-state index is 0.145. The standard InChI is InChI=1S/C22H28FN3/c23-21-8-6-20(7-9-21)22-10-11-26(22)17-16-24-12-14-25(15-13-24)18-19-4-2-1-3-5-19/h1-9,22H,10-18H2. The Hall–Kier alpha value is -1.75. The average Bonchev–Trinajstić information content (AvgIpc) is 2.65. The zero-order valence-electron chi connectivity index (χ0n) is 15.4. The molecule has 0 saturated carbocycles. The Morgan fingerprint density at radius 1 is 0.769 bits per heavy atom. The number of piperazine rings is 1. The molecule has 1 atom stereocenters. The lowest BCUT2D eigenvalue weighted by Crippen LogP contribution is -2.50. The predicted octanol–water partition coefficient (Wildman–Crippen LogP) is 3.39. The fraction of sp³-hybridized carbons (Fsp3) is 0.455. The summed E-state index contributed by atoms with van der Waals surface area (Å²) in [7, 11) is 0. The number of hydrogen-bond acceptors (Lipinski definition) is 3. The Morgan fingerprint density at radius 2 is 1.46 bits per heavy atom. The van der Waals surface area contributed by atoms with Gasteiger partial charge in [0.2, 0.25) is 0 Å². The van der Waals surface area contributed by atoms with Gasteiger partial charge in [-0.15, -0.1) is 0 Å². The molecule has 2 aliphatic heterocycles. The van der Waals surface area contributed by atoms with Crippen molar-refractivity contribution >= 4 is 0 Å². The minimum atomic E-state index is -0.145. The van der Waals surface area contributed by atoms with E-state index in [-0.39, 0.29) is 5.82 Å².